The van der Waals surface area contributed by atoms with Crippen LogP contribution in [0.3, 0.4) is 0 Å². The van der Waals surface area contributed by atoms with E-state index in [1.54, 1.807) is 0 Å². The number of hydrogen-bond acceptors (Lipinski definition) is 6. The quantitative estimate of drug-likeness (QED) is 0.623. The maximum absolute atomic E-state index is 11.0. The summed E-state index contributed by atoms with van der Waals surface area (Å²) in [5.41, 5.74) is 0. The van der Waals surface area contributed by atoms with E-state index in [4.69, 9.17) is 9.84 Å². The first-order chi connectivity index (χ1) is 7.08. The summed E-state index contributed by atoms with van der Waals surface area (Å²) in [5, 5.41) is 8.29. The van der Waals surface area contributed by atoms with Gasteiger partial charge in [-0.25, -0.2) is 4.79 Å². The number of cyclic esters (lactones) is 2. The van der Waals surface area contributed by atoms with E-state index in [2.05, 4.69) is 9.47 Å². The first kappa shape index (κ1) is 11.4. The average Bonchev–Trinajstić information content (AvgIpc) is 2.58. The molecule has 1 rings (SSSR count). The molecule has 7 nitrogen and oxygen atoms in total. The average molecular weight is 218 g/mol. The number of ether oxygens (including phenoxy) is 3. The van der Waals surface area contributed by atoms with Crippen LogP contribution in [0.25, 0.3) is 0 Å². The van der Waals surface area contributed by atoms with E-state index in [0.29, 0.717) is 0 Å². The molecule has 0 aromatic heterocycles. The standard InChI is InChI=1S/C8H10O7/c9-5(1-2-6(10)11)3-13-7-4-14-8(12)15-7/h7H,1-4H2,(H,10,11). The number of carbonyl (C=O) groups excluding carboxylic acids is 2. The van der Waals surface area contributed by atoms with Crippen LogP contribution in [-0.2, 0) is 23.8 Å². The zero-order valence-corrected chi connectivity index (χ0v) is 7.80. The van der Waals surface area contributed by atoms with Gasteiger partial charge in [0.05, 0.1) is 6.42 Å². The molecule has 1 atom stereocenters. The van der Waals surface area contributed by atoms with E-state index in [0.717, 1.165) is 0 Å². The molecule has 0 amide bonds. The molecular formula is C8H10O7. The lowest BCUT2D eigenvalue weighted by atomic mass is 10.2. The lowest BCUT2D eigenvalue weighted by Gasteiger charge is -2.06. The highest BCUT2D eigenvalue weighted by atomic mass is 16.8. The first-order valence-electron chi connectivity index (χ1n) is 4.26. The molecule has 0 spiro atoms. The molecule has 1 fully saturated rings. The molecule has 0 aliphatic carbocycles. The predicted octanol–water partition coefficient (Wildman–Crippen LogP) is -0.0702. The molecule has 0 radical (unpaired) electrons. The van der Waals surface area contributed by atoms with Crippen molar-refractivity contribution in [3.05, 3.63) is 0 Å². The van der Waals surface area contributed by atoms with Gasteiger partial charge in [-0.1, -0.05) is 0 Å². The lowest BCUT2D eigenvalue weighted by Crippen LogP contribution is -2.20. The van der Waals surface area contributed by atoms with Crippen molar-refractivity contribution < 1.29 is 33.7 Å². The summed E-state index contributed by atoms with van der Waals surface area (Å²) in [6, 6.07) is 0. The van der Waals surface area contributed by atoms with E-state index < -0.39 is 18.4 Å². The molecule has 0 bridgehead atoms. The Labute approximate surface area is 84.9 Å². The number of Topliss-reactive ketones (excluding diaryl/α,β-unsaturated/α-hetero) is 1. The minimum Gasteiger partial charge on any atom is -0.481 e. The molecule has 0 saturated carbocycles. The van der Waals surface area contributed by atoms with Gasteiger partial charge >= 0.3 is 12.1 Å². The molecule has 0 aromatic rings. The van der Waals surface area contributed by atoms with Crippen molar-refractivity contribution in [3.8, 4) is 0 Å². The number of ketones is 1. The highest BCUT2D eigenvalue weighted by molar-refractivity contribution is 5.83. The number of aliphatic carboxylic acids is 1. The molecule has 1 N–H and O–H groups in total. The van der Waals surface area contributed by atoms with Crippen LogP contribution in [0.15, 0.2) is 0 Å². The van der Waals surface area contributed by atoms with Gasteiger partial charge < -0.3 is 19.3 Å². The van der Waals surface area contributed by atoms with Gasteiger partial charge in [0.1, 0.15) is 6.61 Å². The third-order valence-corrected chi connectivity index (χ3v) is 1.61. The van der Waals surface area contributed by atoms with Crippen molar-refractivity contribution in [2.24, 2.45) is 0 Å². The van der Waals surface area contributed by atoms with Crippen LogP contribution < -0.4 is 0 Å². The topological polar surface area (TPSA) is 99.1 Å². The zero-order valence-electron chi connectivity index (χ0n) is 7.80. The second kappa shape index (κ2) is 5.30. The van der Waals surface area contributed by atoms with Crippen molar-refractivity contribution in [3.63, 3.8) is 0 Å². The van der Waals surface area contributed by atoms with Crippen molar-refractivity contribution in [1.29, 1.82) is 0 Å². The molecule has 84 valence electrons. The summed E-state index contributed by atoms with van der Waals surface area (Å²) in [5.74, 6) is -1.40. The van der Waals surface area contributed by atoms with Crippen molar-refractivity contribution >= 4 is 17.9 Å². The lowest BCUT2D eigenvalue weighted by molar-refractivity contribution is -0.141. The van der Waals surface area contributed by atoms with Gasteiger partial charge in [0, 0.05) is 6.42 Å². The highest BCUT2D eigenvalue weighted by Gasteiger charge is 2.26. The van der Waals surface area contributed by atoms with Crippen LogP contribution in [0.2, 0.25) is 0 Å². The van der Waals surface area contributed by atoms with Crippen molar-refractivity contribution in [1.82, 2.24) is 0 Å². The number of rotatable bonds is 6. The fraction of sp³-hybridized carbons (Fsp3) is 0.625. The number of carbonyl (C=O) groups is 3. The molecule has 1 aliphatic rings. The van der Waals surface area contributed by atoms with E-state index in [-0.39, 0.29) is 31.8 Å². The Bertz CT molecular complexity index is 272. The Morgan fingerprint density at radius 1 is 1.47 bits per heavy atom. The normalized spacial score (nSPS) is 19.5. The van der Waals surface area contributed by atoms with E-state index in [1.165, 1.54) is 0 Å². The minimum atomic E-state index is -1.04. The molecule has 1 heterocycles. The Balaban J connectivity index is 2.11. The Morgan fingerprint density at radius 2 is 2.20 bits per heavy atom. The van der Waals surface area contributed by atoms with Gasteiger partial charge in [0.15, 0.2) is 12.4 Å². The van der Waals surface area contributed by atoms with Gasteiger partial charge in [0.2, 0.25) is 6.29 Å². The van der Waals surface area contributed by atoms with Gasteiger partial charge in [0.25, 0.3) is 0 Å². The number of carboxylic acids is 1. The number of hydrogen-bond donors (Lipinski definition) is 1. The van der Waals surface area contributed by atoms with Crippen molar-refractivity contribution in [2.45, 2.75) is 19.1 Å². The first-order valence-corrected chi connectivity index (χ1v) is 4.26. The van der Waals surface area contributed by atoms with Gasteiger partial charge in [-0.05, 0) is 0 Å². The van der Waals surface area contributed by atoms with E-state index in [9.17, 15) is 14.4 Å². The largest absolute Gasteiger partial charge is 0.510 e. The third kappa shape index (κ3) is 4.41. The van der Waals surface area contributed by atoms with Gasteiger partial charge in [-0.2, -0.15) is 0 Å². The van der Waals surface area contributed by atoms with Crippen molar-refractivity contribution in [2.75, 3.05) is 13.2 Å². The molecule has 1 saturated heterocycles. The van der Waals surface area contributed by atoms with Gasteiger partial charge in [-0.3, -0.25) is 9.59 Å². The highest BCUT2D eigenvalue weighted by Crippen LogP contribution is 2.07. The maximum atomic E-state index is 11.0. The Kier molecular flexibility index (Phi) is 4.04. The Hall–Kier alpha value is -1.63. The van der Waals surface area contributed by atoms with Crippen LogP contribution in [0.5, 0.6) is 0 Å². The summed E-state index contributed by atoms with van der Waals surface area (Å²) in [7, 11) is 0. The van der Waals surface area contributed by atoms with E-state index in [1.807, 2.05) is 0 Å². The summed E-state index contributed by atoms with van der Waals surface area (Å²) in [6.07, 6.45) is -2.04. The van der Waals surface area contributed by atoms with Crippen LogP contribution >= 0.6 is 0 Å². The fourth-order valence-corrected chi connectivity index (χ4v) is 0.898. The zero-order chi connectivity index (χ0) is 11.3. The second-order valence-electron chi connectivity index (χ2n) is 2.85. The predicted molar refractivity (Wildman–Crippen MR) is 44.0 cm³/mol. The van der Waals surface area contributed by atoms with Crippen LogP contribution in [-0.4, -0.2) is 42.5 Å². The van der Waals surface area contributed by atoms with Gasteiger partial charge in [-0.15, -0.1) is 0 Å². The SMILES string of the molecule is O=C(O)CCC(=O)COC1COC(=O)O1. The van der Waals surface area contributed by atoms with Crippen LogP contribution in [0.1, 0.15) is 12.8 Å². The molecule has 1 unspecified atom stereocenters. The maximum Gasteiger partial charge on any atom is 0.510 e. The molecule has 1 aliphatic heterocycles. The fourth-order valence-electron chi connectivity index (χ4n) is 0.898. The third-order valence-electron chi connectivity index (χ3n) is 1.61. The smallest absolute Gasteiger partial charge is 0.481 e. The van der Waals surface area contributed by atoms with E-state index >= 15 is 0 Å². The molecule has 15 heavy (non-hydrogen) atoms. The summed E-state index contributed by atoms with van der Waals surface area (Å²) >= 11 is 0. The summed E-state index contributed by atoms with van der Waals surface area (Å²) in [4.78, 5) is 31.6. The minimum absolute atomic E-state index is 0.0506. The van der Waals surface area contributed by atoms with Crippen LogP contribution in [0, 0.1) is 0 Å². The van der Waals surface area contributed by atoms with Crippen LogP contribution in [0.4, 0.5) is 4.79 Å². The monoisotopic (exact) mass is 218 g/mol. The number of carboxylic acid groups (broad SMARTS) is 1. The molecule has 0 aromatic carbocycles. The Morgan fingerprint density at radius 3 is 2.73 bits per heavy atom. The molecule has 7 heteroatoms. The molecular weight excluding hydrogens is 208 g/mol. The summed E-state index contributed by atoms with van der Waals surface area (Å²) < 4.78 is 13.7. The summed E-state index contributed by atoms with van der Waals surface area (Å²) in [6.45, 7) is -0.334. The second-order valence-corrected chi connectivity index (χ2v) is 2.85.